The first-order valence-electron chi connectivity index (χ1n) is 4.37. The first-order valence-corrected chi connectivity index (χ1v) is 5.36. The van der Waals surface area contributed by atoms with E-state index in [4.69, 9.17) is 5.73 Å². The van der Waals surface area contributed by atoms with Crippen molar-refractivity contribution in [2.24, 2.45) is 15.9 Å². The normalized spacial score (nSPS) is 11.4. The zero-order valence-corrected chi connectivity index (χ0v) is 11.6. The lowest BCUT2D eigenvalue weighted by Gasteiger charge is -1.92. The maximum absolute atomic E-state index is 5.55. The van der Waals surface area contributed by atoms with Crippen molar-refractivity contribution in [1.82, 2.24) is 0 Å². The highest BCUT2D eigenvalue weighted by Crippen LogP contribution is 1.98. The summed E-state index contributed by atoms with van der Waals surface area (Å²) in [5, 5.41) is 8.21. The van der Waals surface area contributed by atoms with Gasteiger partial charge in [0, 0.05) is 0 Å². The summed E-state index contributed by atoms with van der Waals surface area (Å²) in [5.41, 5.74) is 6.57. The second-order valence-electron chi connectivity index (χ2n) is 2.53. The Morgan fingerprint density at radius 3 is 2.67 bits per heavy atom. The van der Waals surface area contributed by atoms with E-state index in [0.29, 0.717) is 5.17 Å². The van der Waals surface area contributed by atoms with E-state index in [9.17, 15) is 0 Å². The Bertz CT molecular complexity index is 325. The third kappa shape index (κ3) is 6.51. The minimum absolute atomic E-state index is 0. The summed E-state index contributed by atoms with van der Waals surface area (Å²) in [6.07, 6.45) is 1.68. The molecule has 0 bridgehead atoms. The number of amidine groups is 1. The number of halogens is 1. The van der Waals surface area contributed by atoms with E-state index in [1.165, 1.54) is 11.8 Å². The largest absolute Gasteiger partial charge is 0.377 e. The van der Waals surface area contributed by atoms with Crippen LogP contribution in [0.3, 0.4) is 0 Å². The average molecular weight is 335 g/mol. The molecule has 0 amide bonds. The molecule has 1 aromatic rings. The fourth-order valence-electron chi connectivity index (χ4n) is 0.868. The number of hydrogen-bond donors (Lipinski definition) is 1. The molecule has 1 rings (SSSR count). The minimum Gasteiger partial charge on any atom is -0.377 e. The van der Waals surface area contributed by atoms with Crippen LogP contribution in [-0.2, 0) is 0 Å². The summed E-state index contributed by atoms with van der Waals surface area (Å²) in [4.78, 5) is 0. The molecular weight excluding hydrogens is 321 g/mol. The van der Waals surface area contributed by atoms with Crippen LogP contribution in [0.25, 0.3) is 0 Å². The van der Waals surface area contributed by atoms with Gasteiger partial charge < -0.3 is 5.73 Å². The predicted molar refractivity (Wildman–Crippen MR) is 79.2 cm³/mol. The Balaban J connectivity index is 0.00000196. The van der Waals surface area contributed by atoms with E-state index in [2.05, 4.69) is 10.2 Å². The number of thioether (sulfide) groups is 1. The Hall–Kier alpha value is -0.560. The van der Waals surface area contributed by atoms with Crippen molar-refractivity contribution in [2.75, 3.05) is 5.75 Å². The van der Waals surface area contributed by atoms with E-state index in [0.717, 1.165) is 11.3 Å². The highest BCUT2D eigenvalue weighted by atomic mass is 127. The van der Waals surface area contributed by atoms with Crippen molar-refractivity contribution in [1.29, 1.82) is 0 Å². The fraction of sp³-hybridized carbons (Fsp3) is 0.200. The molecule has 0 aliphatic rings. The SMILES string of the molecule is CCSC(N)=N/N=C/c1ccccc1.I. The zero-order chi connectivity index (χ0) is 10.2. The molecule has 0 radical (unpaired) electrons. The minimum atomic E-state index is 0. The van der Waals surface area contributed by atoms with Gasteiger partial charge in [0.05, 0.1) is 6.21 Å². The molecule has 15 heavy (non-hydrogen) atoms. The van der Waals surface area contributed by atoms with Crippen molar-refractivity contribution in [3.63, 3.8) is 0 Å². The van der Waals surface area contributed by atoms with Crippen LogP contribution in [0.2, 0.25) is 0 Å². The fourth-order valence-corrected chi connectivity index (χ4v) is 1.27. The average Bonchev–Trinajstić information content (AvgIpc) is 2.20. The van der Waals surface area contributed by atoms with Crippen LogP contribution in [0.5, 0.6) is 0 Å². The van der Waals surface area contributed by atoms with Crippen LogP contribution in [0.1, 0.15) is 12.5 Å². The molecule has 0 saturated heterocycles. The summed E-state index contributed by atoms with van der Waals surface area (Å²) in [7, 11) is 0. The molecule has 0 unspecified atom stereocenters. The van der Waals surface area contributed by atoms with E-state index in [1.54, 1.807) is 6.21 Å². The van der Waals surface area contributed by atoms with Gasteiger partial charge in [-0.25, -0.2) is 0 Å². The van der Waals surface area contributed by atoms with Gasteiger partial charge in [0.25, 0.3) is 0 Å². The maximum Gasteiger partial charge on any atom is 0.180 e. The summed E-state index contributed by atoms with van der Waals surface area (Å²) in [6, 6.07) is 9.79. The summed E-state index contributed by atoms with van der Waals surface area (Å²) in [5.74, 6) is 0.913. The second-order valence-corrected chi connectivity index (χ2v) is 3.81. The molecule has 0 aromatic heterocycles. The number of rotatable bonds is 3. The lowest BCUT2D eigenvalue weighted by atomic mass is 10.2. The third-order valence-electron chi connectivity index (χ3n) is 1.45. The summed E-state index contributed by atoms with van der Waals surface area (Å²) in [6.45, 7) is 2.02. The van der Waals surface area contributed by atoms with E-state index in [-0.39, 0.29) is 24.0 Å². The molecule has 3 nitrogen and oxygen atoms in total. The monoisotopic (exact) mass is 335 g/mol. The van der Waals surface area contributed by atoms with Crippen molar-refractivity contribution < 1.29 is 0 Å². The Labute approximate surface area is 111 Å². The van der Waals surface area contributed by atoms with Crippen LogP contribution >= 0.6 is 35.7 Å². The van der Waals surface area contributed by atoms with Gasteiger partial charge in [-0.1, -0.05) is 49.0 Å². The van der Waals surface area contributed by atoms with Gasteiger partial charge in [0.1, 0.15) is 0 Å². The Morgan fingerprint density at radius 1 is 1.40 bits per heavy atom. The van der Waals surface area contributed by atoms with Crippen LogP contribution in [0, 0.1) is 0 Å². The van der Waals surface area contributed by atoms with Crippen molar-refractivity contribution in [3.05, 3.63) is 35.9 Å². The Kier molecular flexibility index (Phi) is 8.40. The van der Waals surface area contributed by atoms with Crippen LogP contribution in [0.4, 0.5) is 0 Å². The number of nitrogens with zero attached hydrogens (tertiary/aromatic N) is 2. The van der Waals surface area contributed by atoms with Crippen LogP contribution < -0.4 is 5.73 Å². The molecule has 0 fully saturated rings. The van der Waals surface area contributed by atoms with Crippen molar-refractivity contribution in [3.8, 4) is 0 Å². The third-order valence-corrected chi connectivity index (χ3v) is 2.12. The number of benzene rings is 1. The first-order chi connectivity index (χ1) is 6.83. The Morgan fingerprint density at radius 2 is 2.07 bits per heavy atom. The molecule has 0 spiro atoms. The van der Waals surface area contributed by atoms with Crippen LogP contribution in [-0.4, -0.2) is 17.1 Å². The quantitative estimate of drug-likeness (QED) is 0.400. The van der Waals surface area contributed by atoms with E-state index in [1.807, 2.05) is 37.3 Å². The van der Waals surface area contributed by atoms with Gasteiger partial charge in [-0.3, -0.25) is 0 Å². The van der Waals surface area contributed by atoms with E-state index >= 15 is 0 Å². The molecule has 5 heteroatoms. The van der Waals surface area contributed by atoms with Gasteiger partial charge in [-0.05, 0) is 11.3 Å². The van der Waals surface area contributed by atoms with Crippen molar-refractivity contribution in [2.45, 2.75) is 6.92 Å². The molecule has 1 aromatic carbocycles. The molecule has 0 saturated carbocycles. The molecule has 2 N–H and O–H groups in total. The number of hydrogen-bond acceptors (Lipinski definition) is 3. The standard InChI is InChI=1S/C10H13N3S.HI/c1-2-14-10(11)13-12-8-9-6-4-3-5-7-9;/h3-8H,2H2,1H3,(H2,11,13);1H/b12-8+;. The van der Waals surface area contributed by atoms with Crippen LogP contribution in [0.15, 0.2) is 40.5 Å². The smallest absolute Gasteiger partial charge is 0.180 e. The van der Waals surface area contributed by atoms with Gasteiger partial charge in [0.2, 0.25) is 0 Å². The van der Waals surface area contributed by atoms with Gasteiger partial charge >= 0.3 is 0 Å². The molecule has 0 atom stereocenters. The lowest BCUT2D eigenvalue weighted by molar-refractivity contribution is 1.25. The highest BCUT2D eigenvalue weighted by molar-refractivity contribution is 14.0. The van der Waals surface area contributed by atoms with Crippen molar-refractivity contribution >= 4 is 47.1 Å². The first kappa shape index (κ1) is 14.4. The zero-order valence-electron chi connectivity index (χ0n) is 8.46. The summed E-state index contributed by atoms with van der Waals surface area (Å²) < 4.78 is 0. The number of nitrogens with two attached hydrogens (primary N) is 1. The lowest BCUT2D eigenvalue weighted by Crippen LogP contribution is -2.05. The predicted octanol–water partition coefficient (Wildman–Crippen LogP) is 2.71. The highest BCUT2D eigenvalue weighted by Gasteiger charge is 1.87. The molecule has 0 aliphatic carbocycles. The molecule has 0 aliphatic heterocycles. The summed E-state index contributed by atoms with van der Waals surface area (Å²) >= 11 is 1.48. The van der Waals surface area contributed by atoms with Gasteiger partial charge in [-0.2, -0.15) is 5.10 Å². The van der Waals surface area contributed by atoms with E-state index < -0.39 is 0 Å². The molecular formula is C10H14IN3S. The maximum atomic E-state index is 5.55. The van der Waals surface area contributed by atoms with Gasteiger partial charge in [-0.15, -0.1) is 29.1 Å². The second kappa shape index (κ2) is 8.72. The topological polar surface area (TPSA) is 50.7 Å². The molecule has 82 valence electrons. The molecule has 0 heterocycles. The van der Waals surface area contributed by atoms with Gasteiger partial charge in [0.15, 0.2) is 5.17 Å².